The molecule has 0 aliphatic carbocycles. The Morgan fingerprint density at radius 1 is 1.29 bits per heavy atom. The maximum Gasteiger partial charge on any atom is 0.373 e. The summed E-state index contributed by atoms with van der Waals surface area (Å²) in [6.45, 7) is 2.78. The number of hydrogen-bond acceptors (Lipinski definition) is 4. The van der Waals surface area contributed by atoms with Gasteiger partial charge in [-0.15, -0.1) is 0 Å². The summed E-state index contributed by atoms with van der Waals surface area (Å²) in [5.74, 6) is 0.486. The maximum atomic E-state index is 11.4. The van der Waals surface area contributed by atoms with E-state index in [4.69, 9.17) is 16.0 Å². The average Bonchev–Trinajstić information content (AvgIpc) is 2.97. The first-order valence-corrected chi connectivity index (χ1v) is 7.01. The van der Waals surface area contributed by atoms with Crippen molar-refractivity contribution in [2.45, 2.75) is 19.5 Å². The van der Waals surface area contributed by atoms with Crippen molar-refractivity contribution in [3.05, 3.63) is 58.5 Å². The molecule has 112 valence electrons. The Hall–Kier alpha value is -1.78. The van der Waals surface area contributed by atoms with E-state index in [1.54, 1.807) is 12.1 Å². The predicted octanol–water partition coefficient (Wildman–Crippen LogP) is 3.91. The zero-order valence-electron chi connectivity index (χ0n) is 12.3. The third-order valence-corrected chi connectivity index (χ3v) is 3.68. The lowest BCUT2D eigenvalue weighted by Gasteiger charge is -2.23. The van der Waals surface area contributed by atoms with Gasteiger partial charge < -0.3 is 9.15 Å². The van der Waals surface area contributed by atoms with E-state index in [0.29, 0.717) is 0 Å². The van der Waals surface area contributed by atoms with Crippen LogP contribution in [0.3, 0.4) is 0 Å². The Bertz CT molecular complexity index is 606. The molecule has 21 heavy (non-hydrogen) atoms. The van der Waals surface area contributed by atoms with Crippen molar-refractivity contribution in [3.8, 4) is 0 Å². The van der Waals surface area contributed by atoms with Gasteiger partial charge in [0.15, 0.2) is 0 Å². The van der Waals surface area contributed by atoms with Crippen molar-refractivity contribution in [2.24, 2.45) is 0 Å². The van der Waals surface area contributed by atoms with Crippen molar-refractivity contribution >= 4 is 17.6 Å². The summed E-state index contributed by atoms with van der Waals surface area (Å²) in [6.07, 6.45) is 0. The van der Waals surface area contributed by atoms with Crippen LogP contribution in [0.2, 0.25) is 5.02 Å². The molecule has 0 radical (unpaired) electrons. The molecule has 1 unspecified atom stereocenters. The van der Waals surface area contributed by atoms with E-state index in [9.17, 15) is 4.79 Å². The molecule has 0 saturated carbocycles. The van der Waals surface area contributed by atoms with Crippen molar-refractivity contribution in [1.82, 2.24) is 4.90 Å². The second-order valence-electron chi connectivity index (χ2n) is 4.91. The molecule has 1 atom stereocenters. The Balaban J connectivity index is 2.04. The summed E-state index contributed by atoms with van der Waals surface area (Å²) >= 11 is 5.88. The van der Waals surface area contributed by atoms with E-state index >= 15 is 0 Å². The molecule has 0 saturated heterocycles. The van der Waals surface area contributed by atoms with E-state index in [1.165, 1.54) is 7.11 Å². The fraction of sp³-hybridized carbons (Fsp3) is 0.312. The van der Waals surface area contributed by atoms with Crippen LogP contribution in [0.4, 0.5) is 0 Å². The highest BCUT2D eigenvalue weighted by Gasteiger charge is 2.18. The van der Waals surface area contributed by atoms with Crippen molar-refractivity contribution in [3.63, 3.8) is 0 Å². The number of halogens is 1. The second kappa shape index (κ2) is 6.78. The lowest BCUT2D eigenvalue weighted by Crippen LogP contribution is -2.21. The van der Waals surface area contributed by atoms with Gasteiger partial charge in [-0.1, -0.05) is 23.7 Å². The minimum Gasteiger partial charge on any atom is -0.463 e. The van der Waals surface area contributed by atoms with E-state index in [2.05, 4.69) is 9.64 Å². The van der Waals surface area contributed by atoms with Gasteiger partial charge >= 0.3 is 5.97 Å². The first-order chi connectivity index (χ1) is 10.0. The number of benzene rings is 1. The lowest BCUT2D eigenvalue weighted by atomic mass is 10.1. The number of hydrogen-bond donors (Lipinski definition) is 0. The molecule has 5 heteroatoms. The van der Waals surface area contributed by atoms with Crippen molar-refractivity contribution in [1.29, 1.82) is 0 Å². The van der Waals surface area contributed by atoms with Crippen LogP contribution in [0.5, 0.6) is 0 Å². The van der Waals surface area contributed by atoms with Gasteiger partial charge in [0.2, 0.25) is 5.76 Å². The second-order valence-corrected chi connectivity index (χ2v) is 5.35. The normalized spacial score (nSPS) is 12.4. The number of nitrogens with zero attached hydrogens (tertiary/aromatic N) is 1. The molecule has 4 nitrogen and oxygen atoms in total. The monoisotopic (exact) mass is 307 g/mol. The zero-order valence-corrected chi connectivity index (χ0v) is 13.1. The zero-order chi connectivity index (χ0) is 15.4. The average molecular weight is 308 g/mol. The Kier molecular flexibility index (Phi) is 5.04. The third kappa shape index (κ3) is 3.86. The summed E-state index contributed by atoms with van der Waals surface area (Å²) in [7, 11) is 3.33. The molecular weight excluding hydrogens is 290 g/mol. The van der Waals surface area contributed by atoms with Gasteiger partial charge in [-0.2, -0.15) is 0 Å². The van der Waals surface area contributed by atoms with Crippen LogP contribution in [0.1, 0.15) is 34.8 Å². The highest BCUT2D eigenvalue weighted by Crippen LogP contribution is 2.23. The van der Waals surface area contributed by atoms with Gasteiger partial charge in [0.05, 0.1) is 13.2 Å². The molecule has 0 fully saturated rings. The number of ether oxygens (including phenoxy) is 1. The fourth-order valence-corrected chi connectivity index (χ4v) is 2.15. The molecule has 0 amide bonds. The topological polar surface area (TPSA) is 42.7 Å². The third-order valence-electron chi connectivity index (χ3n) is 3.43. The maximum absolute atomic E-state index is 11.4. The predicted molar refractivity (Wildman–Crippen MR) is 81.4 cm³/mol. The summed E-state index contributed by atoms with van der Waals surface area (Å²) in [6, 6.07) is 11.2. The van der Waals surface area contributed by atoms with Crippen LogP contribution >= 0.6 is 11.6 Å². The van der Waals surface area contributed by atoms with Crippen LogP contribution in [-0.2, 0) is 11.3 Å². The first kappa shape index (κ1) is 15.6. The van der Waals surface area contributed by atoms with Gasteiger partial charge in [-0.05, 0) is 43.8 Å². The lowest BCUT2D eigenvalue weighted by molar-refractivity contribution is 0.0559. The minimum absolute atomic E-state index is 0.0408. The number of carbonyl (C=O) groups is 1. The Morgan fingerprint density at radius 2 is 1.95 bits per heavy atom. The SMILES string of the molecule is COC(=O)c1ccc(C(C)N(C)Cc2ccc(Cl)cc2)o1. The highest BCUT2D eigenvalue weighted by atomic mass is 35.5. The van der Waals surface area contributed by atoms with Gasteiger partial charge in [-0.3, -0.25) is 4.90 Å². The van der Waals surface area contributed by atoms with E-state index in [0.717, 1.165) is 22.9 Å². The number of methoxy groups -OCH3 is 1. The summed E-state index contributed by atoms with van der Waals surface area (Å²) < 4.78 is 10.2. The molecule has 1 heterocycles. The van der Waals surface area contributed by atoms with Crippen LogP contribution < -0.4 is 0 Å². The molecule has 0 N–H and O–H groups in total. The largest absolute Gasteiger partial charge is 0.463 e. The quantitative estimate of drug-likeness (QED) is 0.785. The van der Waals surface area contributed by atoms with Gasteiger partial charge in [-0.25, -0.2) is 4.79 Å². The van der Waals surface area contributed by atoms with Crippen LogP contribution in [0.25, 0.3) is 0 Å². The Labute approximate surface area is 129 Å². The molecule has 0 bridgehead atoms. The van der Waals surface area contributed by atoms with Gasteiger partial charge in [0.25, 0.3) is 0 Å². The van der Waals surface area contributed by atoms with Crippen LogP contribution in [0, 0.1) is 0 Å². The smallest absolute Gasteiger partial charge is 0.373 e. The molecular formula is C16H18ClNO3. The molecule has 0 aliphatic rings. The number of furan rings is 1. The molecule has 1 aromatic carbocycles. The molecule has 2 aromatic rings. The van der Waals surface area contributed by atoms with Gasteiger partial charge in [0.1, 0.15) is 5.76 Å². The molecule has 2 rings (SSSR count). The van der Waals surface area contributed by atoms with Crippen LogP contribution in [-0.4, -0.2) is 25.0 Å². The number of rotatable bonds is 5. The minimum atomic E-state index is -0.464. The van der Waals surface area contributed by atoms with E-state index in [1.807, 2.05) is 38.2 Å². The van der Waals surface area contributed by atoms with Crippen molar-refractivity contribution in [2.75, 3.05) is 14.2 Å². The highest BCUT2D eigenvalue weighted by molar-refractivity contribution is 6.30. The van der Waals surface area contributed by atoms with Crippen molar-refractivity contribution < 1.29 is 13.9 Å². The number of carbonyl (C=O) groups excluding carboxylic acids is 1. The molecule has 0 aliphatic heterocycles. The van der Waals surface area contributed by atoms with E-state index < -0.39 is 5.97 Å². The van der Waals surface area contributed by atoms with Crippen LogP contribution in [0.15, 0.2) is 40.8 Å². The molecule has 1 aromatic heterocycles. The molecule has 0 spiro atoms. The van der Waals surface area contributed by atoms with E-state index in [-0.39, 0.29) is 11.8 Å². The summed E-state index contributed by atoms with van der Waals surface area (Å²) in [5.41, 5.74) is 1.16. The Morgan fingerprint density at radius 3 is 2.57 bits per heavy atom. The number of esters is 1. The summed E-state index contributed by atoms with van der Waals surface area (Å²) in [4.78, 5) is 13.5. The standard InChI is InChI=1S/C16H18ClNO3/c1-11(14-8-9-15(21-14)16(19)20-3)18(2)10-12-4-6-13(17)7-5-12/h4-9,11H,10H2,1-3H3. The summed E-state index contributed by atoms with van der Waals surface area (Å²) in [5, 5.41) is 0.725. The first-order valence-electron chi connectivity index (χ1n) is 6.64. The van der Waals surface area contributed by atoms with Gasteiger partial charge in [0, 0.05) is 11.6 Å². The fourth-order valence-electron chi connectivity index (χ4n) is 2.02.